The van der Waals surface area contributed by atoms with E-state index in [2.05, 4.69) is 10.1 Å². The normalized spacial score (nSPS) is 11.9. The molecule has 0 unspecified atom stereocenters. The van der Waals surface area contributed by atoms with Crippen LogP contribution in [0.4, 0.5) is 0 Å². The third kappa shape index (κ3) is 3.97. The minimum Gasteiger partial charge on any atom is -0.409 e. The Morgan fingerprint density at radius 3 is 2.33 bits per heavy atom. The van der Waals surface area contributed by atoms with E-state index in [9.17, 15) is 0 Å². The lowest BCUT2D eigenvalue weighted by Crippen LogP contribution is -2.21. The Labute approximate surface area is 129 Å². The van der Waals surface area contributed by atoms with Crippen LogP contribution in [0.5, 0.6) is 0 Å². The van der Waals surface area contributed by atoms with E-state index in [-0.39, 0.29) is 5.84 Å². The minimum absolute atomic E-state index is 0.122. The topological polar surface area (TPSA) is 61.8 Å². The van der Waals surface area contributed by atoms with Crippen molar-refractivity contribution in [3.05, 3.63) is 70.2 Å². The number of halogens is 1. The molecule has 0 fully saturated rings. The molecule has 0 aliphatic heterocycles. The molecular weight excluding hydrogens is 286 g/mol. The summed E-state index contributed by atoms with van der Waals surface area (Å²) in [6.45, 7) is 1.40. The second-order valence-electron chi connectivity index (χ2n) is 4.91. The SMILES string of the molecule is CN(Cc1ccccc1Cl)Cc1ccccc1C(N)=NO. The highest BCUT2D eigenvalue weighted by molar-refractivity contribution is 6.31. The monoisotopic (exact) mass is 303 g/mol. The number of nitrogens with two attached hydrogens (primary N) is 1. The van der Waals surface area contributed by atoms with Crippen LogP contribution in [0.15, 0.2) is 53.7 Å². The van der Waals surface area contributed by atoms with Crippen molar-refractivity contribution in [1.29, 1.82) is 0 Å². The van der Waals surface area contributed by atoms with Crippen LogP contribution in [-0.2, 0) is 13.1 Å². The molecule has 0 radical (unpaired) electrons. The van der Waals surface area contributed by atoms with E-state index in [1.807, 2.05) is 55.6 Å². The molecule has 21 heavy (non-hydrogen) atoms. The van der Waals surface area contributed by atoms with E-state index in [4.69, 9.17) is 22.5 Å². The van der Waals surface area contributed by atoms with Crippen molar-refractivity contribution in [1.82, 2.24) is 4.90 Å². The van der Waals surface area contributed by atoms with E-state index in [1.54, 1.807) is 0 Å². The van der Waals surface area contributed by atoms with Gasteiger partial charge in [-0.1, -0.05) is 59.2 Å². The summed E-state index contributed by atoms with van der Waals surface area (Å²) in [5, 5.41) is 12.7. The summed E-state index contributed by atoms with van der Waals surface area (Å²) in [5.74, 6) is 0.122. The number of nitrogens with zero attached hydrogens (tertiary/aromatic N) is 2. The molecule has 4 nitrogen and oxygen atoms in total. The van der Waals surface area contributed by atoms with Gasteiger partial charge in [-0.05, 0) is 24.2 Å². The Balaban J connectivity index is 2.14. The Hall–Kier alpha value is -2.04. The van der Waals surface area contributed by atoms with Crippen LogP contribution in [0.1, 0.15) is 16.7 Å². The highest BCUT2D eigenvalue weighted by Gasteiger charge is 2.10. The third-order valence-corrected chi connectivity index (χ3v) is 3.61. The fraction of sp³-hybridized carbons (Fsp3) is 0.188. The largest absolute Gasteiger partial charge is 0.409 e. The molecule has 0 aliphatic rings. The first-order valence-corrected chi connectivity index (χ1v) is 6.97. The van der Waals surface area contributed by atoms with E-state index in [0.717, 1.165) is 28.3 Å². The van der Waals surface area contributed by atoms with Crippen molar-refractivity contribution < 1.29 is 5.21 Å². The second kappa shape index (κ2) is 7.11. The van der Waals surface area contributed by atoms with Gasteiger partial charge in [0.05, 0.1) is 0 Å². The van der Waals surface area contributed by atoms with E-state index >= 15 is 0 Å². The Bertz CT molecular complexity index is 643. The van der Waals surface area contributed by atoms with Crippen molar-refractivity contribution in [2.24, 2.45) is 10.9 Å². The zero-order valence-corrected chi connectivity index (χ0v) is 12.6. The summed E-state index contributed by atoms with van der Waals surface area (Å²) in [7, 11) is 2.01. The highest BCUT2D eigenvalue weighted by atomic mass is 35.5. The third-order valence-electron chi connectivity index (χ3n) is 3.24. The van der Waals surface area contributed by atoms with Gasteiger partial charge in [-0.25, -0.2) is 0 Å². The molecule has 0 spiro atoms. The first-order chi connectivity index (χ1) is 10.1. The maximum absolute atomic E-state index is 8.85. The molecular formula is C16H18ClN3O. The average Bonchev–Trinajstić information content (AvgIpc) is 2.49. The number of amidine groups is 1. The molecule has 2 aromatic rings. The molecule has 110 valence electrons. The predicted octanol–water partition coefficient (Wildman–Crippen LogP) is 3.07. The second-order valence-corrected chi connectivity index (χ2v) is 5.31. The lowest BCUT2D eigenvalue weighted by Gasteiger charge is -2.19. The van der Waals surface area contributed by atoms with Gasteiger partial charge < -0.3 is 10.9 Å². The van der Waals surface area contributed by atoms with Gasteiger partial charge in [-0.15, -0.1) is 0 Å². The molecule has 0 heterocycles. The van der Waals surface area contributed by atoms with Crippen molar-refractivity contribution in [2.75, 3.05) is 7.05 Å². The van der Waals surface area contributed by atoms with Crippen LogP contribution >= 0.6 is 11.6 Å². The van der Waals surface area contributed by atoms with Crippen LogP contribution < -0.4 is 5.73 Å². The zero-order chi connectivity index (χ0) is 15.2. The summed E-state index contributed by atoms with van der Waals surface area (Å²) in [4.78, 5) is 2.13. The van der Waals surface area contributed by atoms with E-state index in [1.165, 1.54) is 0 Å². The summed E-state index contributed by atoms with van der Waals surface area (Å²) in [5.41, 5.74) is 8.52. The van der Waals surface area contributed by atoms with Crippen molar-refractivity contribution in [3.63, 3.8) is 0 Å². The fourth-order valence-corrected chi connectivity index (χ4v) is 2.42. The lowest BCUT2D eigenvalue weighted by atomic mass is 10.1. The van der Waals surface area contributed by atoms with Gasteiger partial charge in [-0.3, -0.25) is 4.90 Å². The molecule has 3 N–H and O–H groups in total. The number of rotatable bonds is 5. The van der Waals surface area contributed by atoms with Crippen LogP contribution in [0.2, 0.25) is 5.02 Å². The predicted molar refractivity (Wildman–Crippen MR) is 85.6 cm³/mol. The van der Waals surface area contributed by atoms with E-state index in [0.29, 0.717) is 6.54 Å². The fourth-order valence-electron chi connectivity index (χ4n) is 2.23. The van der Waals surface area contributed by atoms with Crippen LogP contribution in [0, 0.1) is 0 Å². The molecule has 5 heteroatoms. The Morgan fingerprint density at radius 1 is 1.10 bits per heavy atom. The van der Waals surface area contributed by atoms with Crippen LogP contribution in [0.3, 0.4) is 0 Å². The quantitative estimate of drug-likeness (QED) is 0.386. The van der Waals surface area contributed by atoms with E-state index < -0.39 is 0 Å². The van der Waals surface area contributed by atoms with Gasteiger partial charge in [0.1, 0.15) is 0 Å². The Morgan fingerprint density at radius 2 is 1.67 bits per heavy atom. The molecule has 0 saturated heterocycles. The lowest BCUT2D eigenvalue weighted by molar-refractivity contribution is 0.315. The van der Waals surface area contributed by atoms with Crippen molar-refractivity contribution >= 4 is 17.4 Å². The number of oxime groups is 1. The molecule has 0 aromatic heterocycles. The summed E-state index contributed by atoms with van der Waals surface area (Å²) in [6.07, 6.45) is 0. The summed E-state index contributed by atoms with van der Waals surface area (Å²) < 4.78 is 0. The maximum Gasteiger partial charge on any atom is 0.170 e. The van der Waals surface area contributed by atoms with Gasteiger partial charge in [0, 0.05) is 23.7 Å². The summed E-state index contributed by atoms with van der Waals surface area (Å²) in [6, 6.07) is 15.4. The average molecular weight is 304 g/mol. The number of benzene rings is 2. The standard InChI is InChI=1S/C16H18ClN3O/c1-20(11-13-7-3-5-9-15(13)17)10-12-6-2-4-8-14(12)16(18)19-21/h2-9,21H,10-11H2,1H3,(H2,18,19). The molecule has 0 atom stereocenters. The first-order valence-electron chi connectivity index (χ1n) is 6.59. The zero-order valence-electron chi connectivity index (χ0n) is 11.8. The molecule has 2 rings (SSSR count). The molecule has 0 amide bonds. The van der Waals surface area contributed by atoms with Gasteiger partial charge in [-0.2, -0.15) is 0 Å². The smallest absolute Gasteiger partial charge is 0.170 e. The summed E-state index contributed by atoms with van der Waals surface area (Å²) >= 11 is 6.18. The molecule has 0 saturated carbocycles. The molecule has 0 aliphatic carbocycles. The van der Waals surface area contributed by atoms with Gasteiger partial charge in [0.15, 0.2) is 5.84 Å². The molecule has 0 bridgehead atoms. The molecule has 2 aromatic carbocycles. The van der Waals surface area contributed by atoms with Crippen molar-refractivity contribution in [3.8, 4) is 0 Å². The van der Waals surface area contributed by atoms with Gasteiger partial charge in [0.2, 0.25) is 0 Å². The Kier molecular flexibility index (Phi) is 5.20. The number of hydrogen-bond acceptors (Lipinski definition) is 3. The van der Waals surface area contributed by atoms with Crippen molar-refractivity contribution in [2.45, 2.75) is 13.1 Å². The maximum atomic E-state index is 8.85. The first kappa shape index (κ1) is 15.4. The minimum atomic E-state index is 0.122. The number of hydrogen-bond donors (Lipinski definition) is 2. The van der Waals surface area contributed by atoms with Gasteiger partial charge in [0.25, 0.3) is 0 Å². The van der Waals surface area contributed by atoms with Crippen LogP contribution in [-0.4, -0.2) is 23.0 Å². The van der Waals surface area contributed by atoms with Gasteiger partial charge >= 0.3 is 0 Å². The highest BCUT2D eigenvalue weighted by Crippen LogP contribution is 2.18. The van der Waals surface area contributed by atoms with Crippen LogP contribution in [0.25, 0.3) is 0 Å².